The van der Waals surface area contributed by atoms with Gasteiger partial charge in [0.05, 0.1) is 18.8 Å². The topological polar surface area (TPSA) is 27.7 Å². The highest BCUT2D eigenvalue weighted by Gasteiger charge is 2.23. The fourth-order valence-electron chi connectivity index (χ4n) is 1.13. The zero-order valence-electron chi connectivity index (χ0n) is 8.05. The second kappa shape index (κ2) is 6.16. The minimum atomic E-state index is -0.0404. The standard InChI is InChI=1S/C9H17IO3/c1-9(8-10)4-7-13-12-6-3-2-5-11-9/h2-8H2,1H3. The Morgan fingerprint density at radius 2 is 1.85 bits per heavy atom. The van der Waals surface area contributed by atoms with E-state index in [4.69, 9.17) is 14.5 Å². The Kier molecular flexibility index (Phi) is 5.54. The number of hydrogen-bond acceptors (Lipinski definition) is 3. The van der Waals surface area contributed by atoms with Crippen molar-refractivity contribution in [1.82, 2.24) is 0 Å². The molecule has 1 fully saturated rings. The lowest BCUT2D eigenvalue weighted by molar-refractivity contribution is -0.302. The lowest BCUT2D eigenvalue weighted by Crippen LogP contribution is -2.33. The van der Waals surface area contributed by atoms with Crippen LogP contribution in [-0.4, -0.2) is 29.8 Å². The second-order valence-electron chi connectivity index (χ2n) is 3.53. The molecule has 1 aliphatic heterocycles. The molecule has 1 saturated heterocycles. The molecule has 1 heterocycles. The Morgan fingerprint density at radius 1 is 1.15 bits per heavy atom. The summed E-state index contributed by atoms with van der Waals surface area (Å²) in [4.78, 5) is 10.0. The van der Waals surface area contributed by atoms with E-state index < -0.39 is 0 Å². The molecule has 1 unspecified atom stereocenters. The first-order valence-corrected chi connectivity index (χ1v) is 6.24. The van der Waals surface area contributed by atoms with E-state index in [1.54, 1.807) is 0 Å². The first-order valence-electron chi connectivity index (χ1n) is 4.71. The lowest BCUT2D eigenvalue weighted by atomic mass is 10.1. The van der Waals surface area contributed by atoms with E-state index in [0.717, 1.165) is 30.3 Å². The highest BCUT2D eigenvalue weighted by atomic mass is 127. The van der Waals surface area contributed by atoms with Crippen molar-refractivity contribution in [1.29, 1.82) is 0 Å². The van der Waals surface area contributed by atoms with Crippen LogP contribution in [0.5, 0.6) is 0 Å². The average Bonchev–Trinajstić information content (AvgIpc) is 2.16. The van der Waals surface area contributed by atoms with Crippen LogP contribution in [0.15, 0.2) is 0 Å². The molecule has 0 aromatic heterocycles. The van der Waals surface area contributed by atoms with Gasteiger partial charge >= 0.3 is 0 Å². The Hall–Kier alpha value is 0.610. The van der Waals surface area contributed by atoms with Gasteiger partial charge in [-0.15, -0.1) is 0 Å². The van der Waals surface area contributed by atoms with E-state index in [0.29, 0.717) is 13.2 Å². The second-order valence-corrected chi connectivity index (χ2v) is 4.30. The molecule has 0 spiro atoms. The van der Waals surface area contributed by atoms with Crippen LogP contribution in [0, 0.1) is 0 Å². The van der Waals surface area contributed by atoms with Crippen molar-refractivity contribution in [2.45, 2.75) is 31.8 Å². The number of halogens is 1. The van der Waals surface area contributed by atoms with Crippen LogP contribution in [0.25, 0.3) is 0 Å². The van der Waals surface area contributed by atoms with Crippen molar-refractivity contribution in [3.63, 3.8) is 0 Å². The molecule has 0 N–H and O–H groups in total. The minimum absolute atomic E-state index is 0.0404. The van der Waals surface area contributed by atoms with Crippen molar-refractivity contribution >= 4 is 22.6 Å². The van der Waals surface area contributed by atoms with Gasteiger partial charge < -0.3 is 4.74 Å². The van der Waals surface area contributed by atoms with Crippen molar-refractivity contribution in [2.24, 2.45) is 0 Å². The zero-order chi connectivity index (χ0) is 9.57. The monoisotopic (exact) mass is 300 g/mol. The average molecular weight is 300 g/mol. The quantitative estimate of drug-likeness (QED) is 0.422. The fourth-order valence-corrected chi connectivity index (χ4v) is 1.74. The molecule has 78 valence electrons. The Labute approximate surface area is 93.2 Å². The van der Waals surface area contributed by atoms with E-state index >= 15 is 0 Å². The Bertz CT molecular complexity index is 131. The maximum absolute atomic E-state index is 5.81. The molecular weight excluding hydrogens is 283 g/mol. The molecule has 0 amide bonds. The van der Waals surface area contributed by atoms with Crippen molar-refractivity contribution in [2.75, 3.05) is 24.2 Å². The van der Waals surface area contributed by atoms with Crippen molar-refractivity contribution in [3.05, 3.63) is 0 Å². The summed E-state index contributed by atoms with van der Waals surface area (Å²) in [6.45, 7) is 4.27. The molecular formula is C9H17IO3. The van der Waals surface area contributed by atoms with Crippen LogP contribution in [0.1, 0.15) is 26.2 Å². The van der Waals surface area contributed by atoms with E-state index in [9.17, 15) is 0 Å². The van der Waals surface area contributed by atoms with E-state index in [1.165, 1.54) is 0 Å². The van der Waals surface area contributed by atoms with Crippen molar-refractivity contribution < 1.29 is 14.5 Å². The molecule has 3 nitrogen and oxygen atoms in total. The van der Waals surface area contributed by atoms with Crippen LogP contribution in [-0.2, 0) is 14.5 Å². The third-order valence-electron chi connectivity index (χ3n) is 2.15. The molecule has 1 aliphatic rings. The number of rotatable bonds is 1. The number of alkyl halides is 1. The predicted molar refractivity (Wildman–Crippen MR) is 59.0 cm³/mol. The summed E-state index contributed by atoms with van der Waals surface area (Å²) < 4.78 is 6.81. The van der Waals surface area contributed by atoms with Gasteiger partial charge in [-0.3, -0.25) is 0 Å². The normalized spacial score (nSPS) is 32.8. The molecule has 0 saturated carbocycles. The lowest BCUT2D eigenvalue weighted by Gasteiger charge is -2.28. The molecule has 0 radical (unpaired) electrons. The molecule has 0 bridgehead atoms. The molecule has 0 aromatic rings. The maximum atomic E-state index is 5.81. The number of hydrogen-bond donors (Lipinski definition) is 0. The summed E-state index contributed by atoms with van der Waals surface area (Å²) in [6.07, 6.45) is 2.96. The first-order chi connectivity index (χ1) is 6.27. The van der Waals surface area contributed by atoms with E-state index in [2.05, 4.69) is 29.5 Å². The van der Waals surface area contributed by atoms with E-state index in [-0.39, 0.29) is 5.60 Å². The van der Waals surface area contributed by atoms with Crippen LogP contribution < -0.4 is 0 Å². The van der Waals surface area contributed by atoms with E-state index in [1.807, 2.05) is 0 Å². The van der Waals surface area contributed by atoms with Crippen LogP contribution in [0.3, 0.4) is 0 Å². The van der Waals surface area contributed by atoms with Crippen molar-refractivity contribution in [3.8, 4) is 0 Å². The molecule has 4 heteroatoms. The van der Waals surface area contributed by atoms with Gasteiger partial charge in [0.15, 0.2) is 0 Å². The van der Waals surface area contributed by atoms with Gasteiger partial charge in [-0.1, -0.05) is 22.6 Å². The maximum Gasteiger partial charge on any atom is 0.0850 e. The van der Waals surface area contributed by atoms with Gasteiger partial charge in [0.2, 0.25) is 0 Å². The largest absolute Gasteiger partial charge is 0.374 e. The molecule has 1 atom stereocenters. The van der Waals surface area contributed by atoms with Crippen LogP contribution in [0.4, 0.5) is 0 Å². The smallest absolute Gasteiger partial charge is 0.0850 e. The minimum Gasteiger partial charge on any atom is -0.374 e. The highest BCUT2D eigenvalue weighted by molar-refractivity contribution is 14.1. The van der Waals surface area contributed by atoms with Crippen LogP contribution >= 0.6 is 22.6 Å². The highest BCUT2D eigenvalue weighted by Crippen LogP contribution is 2.20. The van der Waals surface area contributed by atoms with Gasteiger partial charge in [0.1, 0.15) is 0 Å². The number of ether oxygens (including phenoxy) is 1. The summed E-state index contributed by atoms with van der Waals surface area (Å²) in [5, 5.41) is 0. The predicted octanol–water partition coefficient (Wildman–Crippen LogP) is 2.33. The molecule has 1 rings (SSSR count). The van der Waals surface area contributed by atoms with Gasteiger partial charge in [-0.25, -0.2) is 9.78 Å². The van der Waals surface area contributed by atoms with Gasteiger partial charge in [-0.2, -0.15) is 0 Å². The fraction of sp³-hybridized carbons (Fsp3) is 1.00. The third-order valence-corrected chi connectivity index (χ3v) is 3.77. The SMILES string of the molecule is CC1(CI)CCOOCCCCO1. The van der Waals surface area contributed by atoms with Crippen LogP contribution in [0.2, 0.25) is 0 Å². The Balaban J connectivity index is 2.34. The Morgan fingerprint density at radius 3 is 2.62 bits per heavy atom. The summed E-state index contributed by atoms with van der Waals surface area (Å²) in [5.41, 5.74) is -0.0404. The summed E-state index contributed by atoms with van der Waals surface area (Å²) >= 11 is 2.35. The molecule has 0 aliphatic carbocycles. The first kappa shape index (κ1) is 11.7. The van der Waals surface area contributed by atoms with Gasteiger partial charge in [0.25, 0.3) is 0 Å². The molecule has 13 heavy (non-hydrogen) atoms. The summed E-state index contributed by atoms with van der Waals surface area (Å²) in [6, 6.07) is 0. The molecule has 0 aromatic carbocycles. The summed E-state index contributed by atoms with van der Waals surface area (Å²) in [7, 11) is 0. The van der Waals surface area contributed by atoms with Gasteiger partial charge in [-0.05, 0) is 19.8 Å². The zero-order valence-corrected chi connectivity index (χ0v) is 10.2. The summed E-state index contributed by atoms with van der Waals surface area (Å²) in [5.74, 6) is 0. The van der Waals surface area contributed by atoms with Gasteiger partial charge in [0, 0.05) is 17.5 Å². The third kappa shape index (κ3) is 4.58.